The molecule has 0 aromatic rings. The van der Waals surface area contributed by atoms with Crippen LogP contribution >= 0.6 is 11.1 Å². The SMILES string of the molecule is Cl[Si]1(C2CCCCC2)CCCCN1[SiH2]C1CCCC1. The first kappa shape index (κ1) is 14.6. The fourth-order valence-corrected chi connectivity index (χ4v) is 15.7. The number of nitrogens with zero attached hydrogens (tertiary/aromatic N) is 1. The molecule has 4 heteroatoms. The van der Waals surface area contributed by atoms with E-state index in [0.29, 0.717) is 0 Å². The van der Waals surface area contributed by atoms with Crippen LogP contribution in [0.2, 0.25) is 17.1 Å². The van der Waals surface area contributed by atoms with Gasteiger partial charge in [-0.25, -0.2) is 0 Å². The maximum Gasteiger partial charge on any atom is 0.225 e. The van der Waals surface area contributed by atoms with Crippen LogP contribution in [0, 0.1) is 0 Å². The standard InChI is InChI=1S/C15H30ClNSi2/c16-19(15-10-2-1-3-11-15)13-7-6-12-17(19)18-14-8-4-5-9-14/h14-15H,1-13,18H2. The molecule has 3 aliphatic rings. The van der Waals surface area contributed by atoms with E-state index in [1.54, 1.807) is 0 Å². The second-order valence-corrected chi connectivity index (χ2v) is 15.7. The number of rotatable bonds is 3. The van der Waals surface area contributed by atoms with Crippen LogP contribution in [-0.2, 0) is 0 Å². The second kappa shape index (κ2) is 6.63. The van der Waals surface area contributed by atoms with Crippen LogP contribution in [0.25, 0.3) is 0 Å². The van der Waals surface area contributed by atoms with Gasteiger partial charge in [-0.05, 0) is 30.1 Å². The van der Waals surface area contributed by atoms with Crippen molar-refractivity contribution in [2.75, 3.05) is 6.54 Å². The van der Waals surface area contributed by atoms with Crippen molar-refractivity contribution in [3.63, 3.8) is 0 Å². The van der Waals surface area contributed by atoms with Gasteiger partial charge in [-0.2, -0.15) is 0 Å². The molecule has 1 atom stereocenters. The third kappa shape index (κ3) is 3.30. The Balaban J connectivity index is 1.67. The summed E-state index contributed by atoms with van der Waals surface area (Å²) in [6, 6.07) is 1.42. The molecule has 0 aromatic carbocycles. The van der Waals surface area contributed by atoms with Crippen LogP contribution in [0.1, 0.15) is 70.6 Å². The molecule has 0 aromatic heterocycles. The largest absolute Gasteiger partial charge is 0.338 e. The van der Waals surface area contributed by atoms with Crippen molar-refractivity contribution >= 4 is 28.3 Å². The first-order chi connectivity index (χ1) is 9.29. The Morgan fingerprint density at radius 1 is 0.842 bits per heavy atom. The molecule has 1 nitrogen and oxygen atoms in total. The third-order valence-electron chi connectivity index (χ3n) is 5.92. The molecule has 3 fully saturated rings. The highest BCUT2D eigenvalue weighted by Crippen LogP contribution is 2.46. The van der Waals surface area contributed by atoms with Gasteiger partial charge >= 0.3 is 0 Å². The maximum absolute atomic E-state index is 7.40. The zero-order chi connectivity index (χ0) is 13.1. The summed E-state index contributed by atoms with van der Waals surface area (Å²) in [6.07, 6.45) is 16.3. The van der Waals surface area contributed by atoms with Crippen LogP contribution in [0.3, 0.4) is 0 Å². The van der Waals surface area contributed by atoms with Crippen LogP contribution in [0.15, 0.2) is 0 Å². The molecule has 0 spiro atoms. The highest BCUT2D eigenvalue weighted by molar-refractivity contribution is 7.21. The zero-order valence-electron chi connectivity index (χ0n) is 12.4. The molecule has 1 heterocycles. The fraction of sp³-hybridized carbons (Fsp3) is 1.00. The predicted octanol–water partition coefficient (Wildman–Crippen LogP) is 4.54. The minimum absolute atomic E-state index is 0.0441. The summed E-state index contributed by atoms with van der Waals surface area (Å²) in [6.45, 7) is 1.38. The second-order valence-electron chi connectivity index (χ2n) is 7.21. The lowest BCUT2D eigenvalue weighted by Crippen LogP contribution is -2.57. The van der Waals surface area contributed by atoms with Crippen LogP contribution < -0.4 is 0 Å². The minimum atomic E-state index is -1.57. The van der Waals surface area contributed by atoms with E-state index in [1.807, 2.05) is 0 Å². The molecule has 0 amide bonds. The Morgan fingerprint density at radius 3 is 2.26 bits per heavy atom. The summed E-state index contributed by atoms with van der Waals surface area (Å²) in [5, 5.41) is 0. The average molecular weight is 316 g/mol. The van der Waals surface area contributed by atoms with E-state index in [1.165, 1.54) is 83.2 Å². The molecule has 1 unspecified atom stereocenters. The normalized spacial score (nSPS) is 36.5. The van der Waals surface area contributed by atoms with Gasteiger partial charge < -0.3 is 4.23 Å². The van der Waals surface area contributed by atoms with Gasteiger partial charge in [0.1, 0.15) is 0 Å². The van der Waals surface area contributed by atoms with Gasteiger partial charge in [-0.3, -0.25) is 0 Å². The Hall–Kier alpha value is 0.684. The van der Waals surface area contributed by atoms with Gasteiger partial charge in [0.05, 0.1) is 9.68 Å². The van der Waals surface area contributed by atoms with Crippen molar-refractivity contribution in [2.45, 2.75) is 87.8 Å². The molecule has 2 aliphatic carbocycles. The Bertz CT molecular complexity index is 290. The van der Waals surface area contributed by atoms with Crippen molar-refractivity contribution in [3.8, 4) is 0 Å². The third-order valence-corrected chi connectivity index (χ3v) is 17.2. The maximum atomic E-state index is 7.40. The van der Waals surface area contributed by atoms with E-state index < -0.39 is 7.55 Å². The first-order valence-corrected chi connectivity index (χ1v) is 13.4. The lowest BCUT2D eigenvalue weighted by atomic mass is 10.0. The molecule has 0 radical (unpaired) electrons. The van der Waals surface area contributed by atoms with Crippen LogP contribution in [0.4, 0.5) is 0 Å². The molecule has 0 bridgehead atoms. The summed E-state index contributed by atoms with van der Waals surface area (Å²) >= 11 is 7.40. The van der Waals surface area contributed by atoms with Gasteiger partial charge in [-0.15, -0.1) is 11.1 Å². The summed E-state index contributed by atoms with van der Waals surface area (Å²) in [5.41, 5.74) is 2.06. The van der Waals surface area contributed by atoms with E-state index in [9.17, 15) is 0 Å². The molecular weight excluding hydrogens is 286 g/mol. The Labute approximate surface area is 127 Å². The van der Waals surface area contributed by atoms with Gasteiger partial charge in [0, 0.05) is 0 Å². The molecule has 1 aliphatic heterocycles. The Kier molecular flexibility index (Phi) is 5.10. The topological polar surface area (TPSA) is 3.24 Å². The van der Waals surface area contributed by atoms with E-state index in [-0.39, 0.29) is 9.68 Å². The summed E-state index contributed by atoms with van der Waals surface area (Å²) in [7, 11) is -1.61. The zero-order valence-corrected chi connectivity index (χ0v) is 15.5. The van der Waals surface area contributed by atoms with Crippen molar-refractivity contribution in [1.29, 1.82) is 0 Å². The van der Waals surface area contributed by atoms with Gasteiger partial charge in [0.15, 0.2) is 0 Å². The van der Waals surface area contributed by atoms with E-state index >= 15 is 0 Å². The lowest BCUT2D eigenvalue weighted by Gasteiger charge is -2.47. The van der Waals surface area contributed by atoms with Crippen molar-refractivity contribution in [1.82, 2.24) is 4.23 Å². The van der Waals surface area contributed by atoms with Gasteiger partial charge in [-0.1, -0.05) is 64.2 Å². The Morgan fingerprint density at radius 2 is 1.53 bits per heavy atom. The molecular formula is C15H30ClNSi2. The summed E-state index contributed by atoms with van der Waals surface area (Å²) in [5.74, 6) is 0. The molecule has 3 rings (SSSR count). The van der Waals surface area contributed by atoms with Crippen molar-refractivity contribution < 1.29 is 0 Å². The molecule has 19 heavy (non-hydrogen) atoms. The van der Waals surface area contributed by atoms with Crippen molar-refractivity contribution in [2.24, 2.45) is 0 Å². The van der Waals surface area contributed by atoms with Crippen LogP contribution in [0.5, 0.6) is 0 Å². The molecule has 1 saturated heterocycles. The van der Waals surface area contributed by atoms with Crippen molar-refractivity contribution in [3.05, 3.63) is 0 Å². The highest BCUT2D eigenvalue weighted by atomic mass is 35.6. The number of hydrogen-bond donors (Lipinski definition) is 0. The summed E-state index contributed by atoms with van der Waals surface area (Å²) < 4.78 is 2.99. The molecule has 110 valence electrons. The minimum Gasteiger partial charge on any atom is -0.338 e. The van der Waals surface area contributed by atoms with Gasteiger partial charge in [0.25, 0.3) is 0 Å². The lowest BCUT2D eigenvalue weighted by molar-refractivity contribution is 0.451. The van der Waals surface area contributed by atoms with E-state index in [4.69, 9.17) is 11.1 Å². The quantitative estimate of drug-likeness (QED) is 0.546. The predicted molar refractivity (Wildman–Crippen MR) is 90.0 cm³/mol. The number of halogens is 1. The first-order valence-electron chi connectivity index (χ1n) is 8.73. The van der Waals surface area contributed by atoms with E-state index in [2.05, 4.69) is 4.23 Å². The smallest absolute Gasteiger partial charge is 0.225 e. The van der Waals surface area contributed by atoms with E-state index in [0.717, 1.165) is 11.1 Å². The summed E-state index contributed by atoms with van der Waals surface area (Å²) in [4.78, 5) is 0. The number of hydrogen-bond acceptors (Lipinski definition) is 1. The van der Waals surface area contributed by atoms with Crippen LogP contribution in [-0.4, -0.2) is 28.0 Å². The fourth-order valence-electron chi connectivity index (χ4n) is 4.77. The molecule has 2 saturated carbocycles. The highest BCUT2D eigenvalue weighted by Gasteiger charge is 2.47. The van der Waals surface area contributed by atoms with Gasteiger partial charge in [0.2, 0.25) is 7.55 Å². The monoisotopic (exact) mass is 315 g/mol. The average Bonchev–Trinajstić information content (AvgIpc) is 2.96. The molecule has 0 N–H and O–H groups in total.